The summed E-state index contributed by atoms with van der Waals surface area (Å²) in [6, 6.07) is 9.72. The van der Waals surface area contributed by atoms with E-state index in [0.29, 0.717) is 6.54 Å². The molecule has 0 saturated carbocycles. The molecule has 0 heterocycles. The molecule has 0 bridgehead atoms. The Morgan fingerprint density at radius 2 is 1.95 bits per heavy atom. The Bertz CT molecular complexity index is 434. The van der Waals surface area contributed by atoms with Gasteiger partial charge in [-0.15, -0.1) is 0 Å². The summed E-state index contributed by atoms with van der Waals surface area (Å²) >= 11 is 0. The van der Waals surface area contributed by atoms with E-state index in [2.05, 4.69) is 5.32 Å². The van der Waals surface area contributed by atoms with Crippen LogP contribution in [-0.2, 0) is 11.2 Å². The summed E-state index contributed by atoms with van der Waals surface area (Å²) in [6.07, 6.45) is 0.720. The molecule has 5 nitrogen and oxygen atoms in total. The zero-order valence-electron chi connectivity index (χ0n) is 12.0. The van der Waals surface area contributed by atoms with E-state index in [1.165, 1.54) is 4.90 Å². The van der Waals surface area contributed by atoms with Crippen molar-refractivity contribution in [3.05, 3.63) is 35.9 Å². The highest BCUT2D eigenvalue weighted by molar-refractivity contribution is 5.75. The summed E-state index contributed by atoms with van der Waals surface area (Å²) in [7, 11) is 0. The van der Waals surface area contributed by atoms with Crippen LogP contribution in [0.5, 0.6) is 0 Å². The van der Waals surface area contributed by atoms with Gasteiger partial charge in [-0.25, -0.2) is 4.79 Å². The van der Waals surface area contributed by atoms with Crippen LogP contribution in [0.2, 0.25) is 0 Å². The molecule has 20 heavy (non-hydrogen) atoms. The quantitative estimate of drug-likeness (QED) is 0.802. The molecule has 5 heteroatoms. The number of hydrogen-bond acceptors (Lipinski definition) is 2. The first kappa shape index (κ1) is 16.0. The minimum atomic E-state index is -0.895. The Morgan fingerprint density at radius 3 is 2.50 bits per heavy atom. The maximum Gasteiger partial charge on any atom is 0.317 e. The van der Waals surface area contributed by atoms with E-state index in [-0.39, 0.29) is 25.0 Å². The lowest BCUT2D eigenvalue weighted by Gasteiger charge is -2.23. The summed E-state index contributed by atoms with van der Waals surface area (Å²) in [4.78, 5) is 24.1. The smallest absolute Gasteiger partial charge is 0.317 e. The Labute approximate surface area is 119 Å². The van der Waals surface area contributed by atoms with Crippen molar-refractivity contribution in [1.29, 1.82) is 0 Å². The van der Waals surface area contributed by atoms with E-state index in [0.717, 1.165) is 12.0 Å². The number of rotatable bonds is 7. The van der Waals surface area contributed by atoms with Crippen molar-refractivity contribution in [2.24, 2.45) is 0 Å². The zero-order chi connectivity index (χ0) is 15.0. The molecule has 0 radical (unpaired) electrons. The van der Waals surface area contributed by atoms with Gasteiger partial charge >= 0.3 is 12.0 Å². The number of carboxylic acid groups (broad SMARTS) is 1. The number of nitrogens with zero attached hydrogens (tertiary/aromatic N) is 1. The molecule has 1 aromatic carbocycles. The molecule has 0 spiro atoms. The van der Waals surface area contributed by atoms with Crippen LogP contribution in [0.4, 0.5) is 4.79 Å². The summed E-state index contributed by atoms with van der Waals surface area (Å²) in [5.74, 6) is -0.895. The molecule has 0 fully saturated rings. The Morgan fingerprint density at radius 1 is 1.30 bits per heavy atom. The molecule has 2 amide bonds. The lowest BCUT2D eigenvalue weighted by Crippen LogP contribution is -2.45. The van der Waals surface area contributed by atoms with Crippen molar-refractivity contribution in [2.75, 3.05) is 13.1 Å². The number of urea groups is 1. The van der Waals surface area contributed by atoms with Gasteiger partial charge in [0.2, 0.25) is 0 Å². The van der Waals surface area contributed by atoms with E-state index in [1.54, 1.807) is 0 Å². The average Bonchev–Trinajstić information content (AvgIpc) is 2.40. The van der Waals surface area contributed by atoms with Crippen LogP contribution in [0, 0.1) is 0 Å². The third-order valence-corrected chi connectivity index (χ3v) is 3.02. The SMILES string of the molecule is CCN(CCC(=O)O)C(=O)NC(C)Cc1ccccc1. The van der Waals surface area contributed by atoms with E-state index in [4.69, 9.17) is 5.11 Å². The minimum Gasteiger partial charge on any atom is -0.481 e. The number of hydrogen-bond donors (Lipinski definition) is 2. The maximum atomic E-state index is 12.0. The predicted octanol–water partition coefficient (Wildman–Crippen LogP) is 2.12. The fraction of sp³-hybridized carbons (Fsp3) is 0.467. The molecule has 1 atom stereocenters. The van der Waals surface area contributed by atoms with Gasteiger partial charge in [0.25, 0.3) is 0 Å². The third kappa shape index (κ3) is 5.73. The minimum absolute atomic E-state index is 0.00350. The highest BCUT2D eigenvalue weighted by Gasteiger charge is 2.15. The molecule has 1 rings (SSSR count). The first-order chi connectivity index (χ1) is 9.52. The molecule has 2 N–H and O–H groups in total. The van der Waals surface area contributed by atoms with Crippen LogP contribution in [0.25, 0.3) is 0 Å². The Balaban J connectivity index is 2.44. The fourth-order valence-corrected chi connectivity index (χ4v) is 1.95. The van der Waals surface area contributed by atoms with E-state index < -0.39 is 5.97 Å². The predicted molar refractivity (Wildman–Crippen MR) is 77.6 cm³/mol. The lowest BCUT2D eigenvalue weighted by atomic mass is 10.1. The first-order valence-electron chi connectivity index (χ1n) is 6.84. The third-order valence-electron chi connectivity index (χ3n) is 3.02. The molecule has 0 aliphatic carbocycles. The number of amides is 2. The second-order valence-corrected chi connectivity index (χ2v) is 4.76. The standard InChI is InChI=1S/C15H22N2O3/c1-3-17(10-9-14(18)19)15(20)16-12(2)11-13-7-5-4-6-8-13/h4-8,12H,3,9-11H2,1-2H3,(H,16,20)(H,18,19). The molecule has 0 saturated heterocycles. The van der Waals surface area contributed by atoms with Gasteiger partial charge < -0.3 is 15.3 Å². The van der Waals surface area contributed by atoms with Gasteiger partial charge in [-0.2, -0.15) is 0 Å². The molecule has 0 aliphatic rings. The summed E-state index contributed by atoms with van der Waals surface area (Å²) in [5, 5.41) is 11.6. The Hall–Kier alpha value is -2.04. The molecule has 0 aliphatic heterocycles. The topological polar surface area (TPSA) is 69.6 Å². The highest BCUT2D eigenvalue weighted by Crippen LogP contribution is 2.03. The zero-order valence-corrected chi connectivity index (χ0v) is 12.0. The van der Waals surface area contributed by atoms with Crippen molar-refractivity contribution in [3.8, 4) is 0 Å². The van der Waals surface area contributed by atoms with Gasteiger partial charge in [-0.05, 0) is 25.8 Å². The second kappa shape index (κ2) is 8.19. The van der Waals surface area contributed by atoms with E-state index >= 15 is 0 Å². The van der Waals surface area contributed by atoms with Crippen LogP contribution in [0.1, 0.15) is 25.8 Å². The van der Waals surface area contributed by atoms with Crippen molar-refractivity contribution >= 4 is 12.0 Å². The van der Waals surface area contributed by atoms with Crippen LogP contribution in [-0.4, -0.2) is 41.1 Å². The normalized spacial score (nSPS) is 11.7. The summed E-state index contributed by atoms with van der Waals surface area (Å²) in [6.45, 7) is 4.51. The summed E-state index contributed by atoms with van der Waals surface area (Å²) in [5.41, 5.74) is 1.16. The van der Waals surface area contributed by atoms with Gasteiger partial charge in [0.1, 0.15) is 0 Å². The average molecular weight is 278 g/mol. The number of aliphatic carboxylic acids is 1. The molecule has 110 valence electrons. The van der Waals surface area contributed by atoms with Crippen molar-refractivity contribution in [1.82, 2.24) is 10.2 Å². The van der Waals surface area contributed by atoms with Gasteiger partial charge in [0.05, 0.1) is 6.42 Å². The second-order valence-electron chi connectivity index (χ2n) is 4.76. The van der Waals surface area contributed by atoms with Gasteiger partial charge in [-0.3, -0.25) is 4.79 Å². The lowest BCUT2D eigenvalue weighted by molar-refractivity contribution is -0.137. The van der Waals surface area contributed by atoms with E-state index in [9.17, 15) is 9.59 Å². The number of carbonyl (C=O) groups is 2. The highest BCUT2D eigenvalue weighted by atomic mass is 16.4. The summed E-state index contributed by atoms with van der Waals surface area (Å²) < 4.78 is 0. The number of carboxylic acids is 1. The van der Waals surface area contributed by atoms with Crippen LogP contribution >= 0.6 is 0 Å². The van der Waals surface area contributed by atoms with Crippen molar-refractivity contribution in [3.63, 3.8) is 0 Å². The molecular formula is C15H22N2O3. The van der Waals surface area contributed by atoms with Crippen LogP contribution in [0.3, 0.4) is 0 Å². The van der Waals surface area contributed by atoms with Gasteiger partial charge in [0, 0.05) is 19.1 Å². The monoisotopic (exact) mass is 278 g/mol. The largest absolute Gasteiger partial charge is 0.481 e. The maximum absolute atomic E-state index is 12.0. The Kier molecular flexibility index (Phi) is 6.56. The fourth-order valence-electron chi connectivity index (χ4n) is 1.95. The number of benzene rings is 1. The van der Waals surface area contributed by atoms with Gasteiger partial charge in [0.15, 0.2) is 0 Å². The van der Waals surface area contributed by atoms with Gasteiger partial charge in [-0.1, -0.05) is 30.3 Å². The molecule has 1 unspecified atom stereocenters. The molecular weight excluding hydrogens is 256 g/mol. The first-order valence-corrected chi connectivity index (χ1v) is 6.84. The van der Waals surface area contributed by atoms with Crippen molar-refractivity contribution < 1.29 is 14.7 Å². The van der Waals surface area contributed by atoms with Crippen LogP contribution in [0.15, 0.2) is 30.3 Å². The number of carbonyl (C=O) groups excluding carboxylic acids is 1. The van der Waals surface area contributed by atoms with E-state index in [1.807, 2.05) is 44.2 Å². The molecule has 1 aromatic rings. The molecule has 0 aromatic heterocycles. The van der Waals surface area contributed by atoms with Crippen LogP contribution < -0.4 is 5.32 Å². The number of nitrogens with one attached hydrogen (secondary N) is 1. The van der Waals surface area contributed by atoms with Crippen molar-refractivity contribution in [2.45, 2.75) is 32.7 Å².